The van der Waals surface area contributed by atoms with Crippen molar-refractivity contribution in [3.8, 4) is 0 Å². The third kappa shape index (κ3) is 3.69. The van der Waals surface area contributed by atoms with Crippen LogP contribution in [0.4, 0.5) is 0 Å². The van der Waals surface area contributed by atoms with E-state index in [1.54, 1.807) is 0 Å². The molecule has 0 aromatic heterocycles. The van der Waals surface area contributed by atoms with Gasteiger partial charge >= 0.3 is 0 Å². The van der Waals surface area contributed by atoms with Gasteiger partial charge < -0.3 is 5.32 Å². The number of rotatable bonds is 4. The van der Waals surface area contributed by atoms with E-state index in [1.165, 1.54) is 16.7 Å². The molecule has 1 rings (SSSR count). The minimum Gasteiger partial charge on any atom is -0.311 e. The summed E-state index contributed by atoms with van der Waals surface area (Å²) in [6, 6.07) is 6.55. The molecule has 0 saturated heterocycles. The van der Waals surface area contributed by atoms with Gasteiger partial charge in [-0.25, -0.2) is 0 Å². The molecular formula is C12H18ClN. The topological polar surface area (TPSA) is 12.0 Å². The maximum Gasteiger partial charge on any atom is 0.0432 e. The van der Waals surface area contributed by atoms with Crippen molar-refractivity contribution in [2.24, 2.45) is 0 Å². The molecule has 0 amide bonds. The maximum atomic E-state index is 5.84. The van der Waals surface area contributed by atoms with Crippen LogP contribution >= 0.6 is 11.6 Å². The van der Waals surface area contributed by atoms with Gasteiger partial charge in [0.25, 0.3) is 0 Å². The van der Waals surface area contributed by atoms with E-state index in [1.807, 2.05) is 6.92 Å². The Kier molecular flexibility index (Phi) is 4.43. The zero-order chi connectivity index (χ0) is 10.6. The van der Waals surface area contributed by atoms with Crippen LogP contribution in [0.1, 0.15) is 23.6 Å². The minimum absolute atomic E-state index is 0.196. The first-order chi connectivity index (χ1) is 6.59. The SMILES string of the molecule is Cc1ccc(CNCC(C)Cl)cc1C. The molecule has 1 unspecified atom stereocenters. The van der Waals surface area contributed by atoms with Crippen molar-refractivity contribution in [1.29, 1.82) is 0 Å². The molecule has 2 heteroatoms. The van der Waals surface area contributed by atoms with Gasteiger partial charge in [-0.15, -0.1) is 11.6 Å². The fourth-order valence-electron chi connectivity index (χ4n) is 1.33. The molecule has 1 N–H and O–H groups in total. The lowest BCUT2D eigenvalue weighted by Crippen LogP contribution is -2.20. The maximum absolute atomic E-state index is 5.84. The van der Waals surface area contributed by atoms with Crippen LogP contribution in [0, 0.1) is 13.8 Å². The van der Waals surface area contributed by atoms with Crippen LogP contribution in [0.15, 0.2) is 18.2 Å². The third-order valence-corrected chi connectivity index (χ3v) is 2.48. The predicted molar refractivity (Wildman–Crippen MR) is 62.9 cm³/mol. The van der Waals surface area contributed by atoms with Gasteiger partial charge in [0.1, 0.15) is 0 Å². The van der Waals surface area contributed by atoms with E-state index in [2.05, 4.69) is 37.4 Å². The highest BCUT2D eigenvalue weighted by Gasteiger charge is 1.98. The van der Waals surface area contributed by atoms with Crippen molar-refractivity contribution in [3.63, 3.8) is 0 Å². The molecule has 1 aromatic carbocycles. The summed E-state index contributed by atoms with van der Waals surface area (Å²) < 4.78 is 0. The molecule has 1 aromatic rings. The Labute approximate surface area is 91.5 Å². The van der Waals surface area contributed by atoms with Gasteiger partial charge in [0.05, 0.1) is 0 Å². The molecule has 0 aliphatic rings. The molecule has 0 fully saturated rings. The van der Waals surface area contributed by atoms with Crippen molar-refractivity contribution in [2.75, 3.05) is 6.54 Å². The monoisotopic (exact) mass is 211 g/mol. The average Bonchev–Trinajstić information content (AvgIpc) is 2.10. The highest BCUT2D eigenvalue weighted by molar-refractivity contribution is 6.20. The second-order valence-corrected chi connectivity index (χ2v) is 4.58. The Morgan fingerprint density at radius 2 is 2.00 bits per heavy atom. The van der Waals surface area contributed by atoms with Crippen molar-refractivity contribution in [1.82, 2.24) is 5.32 Å². The van der Waals surface area contributed by atoms with Crippen molar-refractivity contribution in [3.05, 3.63) is 34.9 Å². The molecule has 1 nitrogen and oxygen atoms in total. The Morgan fingerprint density at radius 3 is 2.57 bits per heavy atom. The zero-order valence-corrected chi connectivity index (χ0v) is 9.86. The number of benzene rings is 1. The Balaban J connectivity index is 2.47. The molecule has 0 aliphatic carbocycles. The molecule has 14 heavy (non-hydrogen) atoms. The second-order valence-electron chi connectivity index (χ2n) is 3.83. The van der Waals surface area contributed by atoms with E-state index in [9.17, 15) is 0 Å². The molecule has 0 aliphatic heterocycles. The lowest BCUT2D eigenvalue weighted by molar-refractivity contribution is 0.679. The first-order valence-corrected chi connectivity index (χ1v) is 5.44. The molecule has 0 bridgehead atoms. The number of hydrogen-bond acceptors (Lipinski definition) is 1. The quantitative estimate of drug-likeness (QED) is 0.756. The highest BCUT2D eigenvalue weighted by Crippen LogP contribution is 2.09. The summed E-state index contributed by atoms with van der Waals surface area (Å²) in [4.78, 5) is 0. The number of aryl methyl sites for hydroxylation is 2. The van der Waals surface area contributed by atoms with Gasteiger partial charge in [-0.1, -0.05) is 18.2 Å². The van der Waals surface area contributed by atoms with Crippen LogP contribution in [0.2, 0.25) is 0 Å². The van der Waals surface area contributed by atoms with Crippen LogP contribution < -0.4 is 5.32 Å². The average molecular weight is 212 g/mol. The lowest BCUT2D eigenvalue weighted by Gasteiger charge is -2.08. The fraction of sp³-hybridized carbons (Fsp3) is 0.500. The van der Waals surface area contributed by atoms with E-state index < -0.39 is 0 Å². The summed E-state index contributed by atoms with van der Waals surface area (Å²) in [5.74, 6) is 0. The van der Waals surface area contributed by atoms with E-state index >= 15 is 0 Å². The molecule has 0 saturated carbocycles. The molecule has 78 valence electrons. The Morgan fingerprint density at radius 1 is 1.29 bits per heavy atom. The van der Waals surface area contributed by atoms with Crippen LogP contribution in [0.25, 0.3) is 0 Å². The molecule has 0 spiro atoms. The predicted octanol–water partition coefficient (Wildman–Crippen LogP) is 3.02. The van der Waals surface area contributed by atoms with Crippen LogP contribution in [0.3, 0.4) is 0 Å². The standard InChI is InChI=1S/C12H18ClN/c1-9-4-5-12(6-10(9)2)8-14-7-11(3)13/h4-6,11,14H,7-8H2,1-3H3. The number of alkyl halides is 1. The Hall–Kier alpha value is -0.530. The van der Waals surface area contributed by atoms with Gasteiger partial charge in [0, 0.05) is 18.5 Å². The molecule has 0 radical (unpaired) electrons. The summed E-state index contributed by atoms with van der Waals surface area (Å²) in [5.41, 5.74) is 4.02. The van der Waals surface area contributed by atoms with E-state index in [-0.39, 0.29) is 5.38 Å². The zero-order valence-electron chi connectivity index (χ0n) is 9.10. The first kappa shape index (κ1) is 11.5. The van der Waals surface area contributed by atoms with Crippen molar-refractivity contribution < 1.29 is 0 Å². The first-order valence-electron chi connectivity index (χ1n) is 5.00. The smallest absolute Gasteiger partial charge is 0.0432 e. The number of hydrogen-bond donors (Lipinski definition) is 1. The van der Waals surface area contributed by atoms with E-state index in [0.717, 1.165) is 13.1 Å². The van der Waals surface area contributed by atoms with Crippen molar-refractivity contribution >= 4 is 11.6 Å². The number of halogens is 1. The summed E-state index contributed by atoms with van der Waals surface area (Å²) in [7, 11) is 0. The lowest BCUT2D eigenvalue weighted by atomic mass is 10.1. The van der Waals surface area contributed by atoms with Gasteiger partial charge in [0.15, 0.2) is 0 Å². The Bertz CT molecular complexity index is 294. The summed E-state index contributed by atoms with van der Waals surface area (Å²) in [6.45, 7) is 8.03. The largest absolute Gasteiger partial charge is 0.311 e. The fourth-order valence-corrected chi connectivity index (χ4v) is 1.44. The normalized spacial score (nSPS) is 12.9. The minimum atomic E-state index is 0.196. The molecule has 0 heterocycles. The molecular weight excluding hydrogens is 194 g/mol. The number of nitrogens with one attached hydrogen (secondary N) is 1. The second kappa shape index (κ2) is 5.38. The van der Waals surface area contributed by atoms with Gasteiger partial charge in [0.2, 0.25) is 0 Å². The summed E-state index contributed by atoms with van der Waals surface area (Å²) in [6.07, 6.45) is 0. The molecule has 1 atom stereocenters. The van der Waals surface area contributed by atoms with Gasteiger partial charge in [-0.3, -0.25) is 0 Å². The van der Waals surface area contributed by atoms with Crippen LogP contribution in [-0.2, 0) is 6.54 Å². The van der Waals surface area contributed by atoms with E-state index in [4.69, 9.17) is 11.6 Å². The summed E-state index contributed by atoms with van der Waals surface area (Å²) in [5, 5.41) is 3.51. The van der Waals surface area contributed by atoms with E-state index in [0.29, 0.717) is 0 Å². The third-order valence-electron chi connectivity index (χ3n) is 2.33. The van der Waals surface area contributed by atoms with Gasteiger partial charge in [-0.2, -0.15) is 0 Å². The highest BCUT2D eigenvalue weighted by atomic mass is 35.5. The van der Waals surface area contributed by atoms with Gasteiger partial charge in [-0.05, 0) is 37.5 Å². The van der Waals surface area contributed by atoms with Crippen LogP contribution in [0.5, 0.6) is 0 Å². The van der Waals surface area contributed by atoms with Crippen LogP contribution in [-0.4, -0.2) is 11.9 Å². The summed E-state index contributed by atoms with van der Waals surface area (Å²) >= 11 is 5.84. The van der Waals surface area contributed by atoms with Crippen molar-refractivity contribution in [2.45, 2.75) is 32.7 Å².